The normalized spacial score (nSPS) is 18.4. The average molecular weight is 350 g/mol. The van der Waals surface area contributed by atoms with Crippen molar-refractivity contribution in [3.63, 3.8) is 0 Å². The van der Waals surface area contributed by atoms with Crippen molar-refractivity contribution < 1.29 is 18.0 Å². The van der Waals surface area contributed by atoms with Crippen LogP contribution in [0.5, 0.6) is 0 Å². The van der Waals surface area contributed by atoms with E-state index in [0.717, 1.165) is 29.3 Å². The van der Waals surface area contributed by atoms with Crippen LogP contribution in [-0.4, -0.2) is 29.9 Å². The fraction of sp³-hybridized carbons (Fsp3) is 0.235. The summed E-state index contributed by atoms with van der Waals surface area (Å²) >= 11 is 0. The van der Waals surface area contributed by atoms with E-state index in [1.54, 1.807) is 39.0 Å². The summed E-state index contributed by atoms with van der Waals surface area (Å²) in [7, 11) is -3.99. The van der Waals surface area contributed by atoms with Crippen LogP contribution in [0.1, 0.15) is 20.8 Å². The van der Waals surface area contributed by atoms with Gasteiger partial charge in [-0.1, -0.05) is 18.2 Å². The molecule has 0 spiro atoms. The second-order valence-corrected chi connectivity index (χ2v) is 7.83. The van der Waals surface area contributed by atoms with E-state index in [-0.39, 0.29) is 10.6 Å². The zero-order valence-electron chi connectivity index (χ0n) is 13.6. The molecule has 0 aromatic heterocycles. The van der Waals surface area contributed by atoms with Gasteiger partial charge >= 0.3 is 0 Å². The molecule has 0 bridgehead atoms. The fourth-order valence-electron chi connectivity index (χ4n) is 1.79. The zero-order valence-corrected chi connectivity index (χ0v) is 14.5. The monoisotopic (exact) mass is 350 g/mol. The smallest absolute Gasteiger partial charge is 0.282 e. The second-order valence-electron chi connectivity index (χ2n) is 6.22. The number of benzene rings is 1. The third kappa shape index (κ3) is 4.39. The highest BCUT2D eigenvalue weighted by Crippen LogP contribution is 2.19. The van der Waals surface area contributed by atoms with Gasteiger partial charge in [-0.25, -0.2) is 4.39 Å². The Kier molecular flexibility index (Phi) is 5.05. The van der Waals surface area contributed by atoms with Gasteiger partial charge in [0.15, 0.2) is 0 Å². The lowest BCUT2D eigenvalue weighted by molar-refractivity contribution is -0.110. The van der Waals surface area contributed by atoms with Crippen LogP contribution in [0.4, 0.5) is 4.39 Å². The van der Waals surface area contributed by atoms with Crippen LogP contribution in [-0.2, 0) is 10.0 Å². The molecular formula is C17H19FN2O3S. The molecule has 1 N–H and O–H groups in total. The first-order valence-electron chi connectivity index (χ1n) is 7.25. The number of rotatable bonds is 3. The first-order chi connectivity index (χ1) is 11.1. The van der Waals surface area contributed by atoms with E-state index >= 15 is 0 Å². The summed E-state index contributed by atoms with van der Waals surface area (Å²) in [5, 5.41) is 11.0. The summed E-state index contributed by atoms with van der Waals surface area (Å²) in [6.45, 7) is 5.41. The lowest BCUT2D eigenvalue weighted by atomic mass is 10.1. The van der Waals surface area contributed by atoms with E-state index in [0.29, 0.717) is 5.57 Å². The Morgan fingerprint density at radius 3 is 2.29 bits per heavy atom. The van der Waals surface area contributed by atoms with Crippen LogP contribution in [0.3, 0.4) is 0 Å². The van der Waals surface area contributed by atoms with E-state index < -0.39 is 21.4 Å². The zero-order chi connectivity index (χ0) is 18.0. The van der Waals surface area contributed by atoms with Crippen molar-refractivity contribution in [2.24, 2.45) is 4.40 Å². The van der Waals surface area contributed by atoms with Crippen molar-refractivity contribution in [1.82, 2.24) is 5.06 Å². The Morgan fingerprint density at radius 1 is 1.12 bits per heavy atom. The fourth-order valence-corrected chi connectivity index (χ4v) is 2.80. The Morgan fingerprint density at radius 2 is 1.71 bits per heavy atom. The highest BCUT2D eigenvalue weighted by Gasteiger charge is 2.20. The van der Waals surface area contributed by atoms with E-state index in [2.05, 4.69) is 4.40 Å². The number of hydrogen-bond acceptors (Lipinski definition) is 4. The maximum Gasteiger partial charge on any atom is 0.282 e. The number of hydrogen-bond donors (Lipinski definition) is 1. The Bertz CT molecular complexity index is 830. The first-order valence-corrected chi connectivity index (χ1v) is 8.69. The molecule has 128 valence electrons. The molecule has 0 aliphatic heterocycles. The minimum atomic E-state index is -3.99. The van der Waals surface area contributed by atoms with Crippen molar-refractivity contribution in [2.45, 2.75) is 31.2 Å². The standard InChI is InChI=1S/C17H19FN2O3S/c1-17(2,3)20(21)12-13-6-4-5-7-16(13)19-24(22,23)15-10-8-14(18)9-11-15/h4-12,21H,1-3H3/b13-12+,19-16-. The number of nitrogens with zero attached hydrogens (tertiary/aromatic N) is 2. The van der Waals surface area contributed by atoms with Crippen LogP contribution in [0.25, 0.3) is 0 Å². The SMILES string of the molecule is CC(C)(C)N(O)/C=C1\C=CC=C\C1=N\S(=O)(=O)c1ccc(F)cc1. The molecule has 1 aliphatic rings. The van der Waals surface area contributed by atoms with Gasteiger partial charge in [-0.3, -0.25) is 10.3 Å². The predicted octanol–water partition coefficient (Wildman–Crippen LogP) is 3.46. The second kappa shape index (κ2) is 6.70. The molecule has 2 rings (SSSR count). The molecule has 1 aliphatic carbocycles. The minimum absolute atomic E-state index is 0.102. The Hall–Kier alpha value is -2.25. The minimum Gasteiger partial charge on any atom is -0.288 e. The molecular weight excluding hydrogens is 331 g/mol. The summed E-state index contributed by atoms with van der Waals surface area (Å²) < 4.78 is 41.5. The largest absolute Gasteiger partial charge is 0.288 e. The van der Waals surface area contributed by atoms with Crippen molar-refractivity contribution in [3.05, 3.63) is 66.2 Å². The first kappa shape index (κ1) is 18.1. The number of halogens is 1. The Labute approximate surface area is 141 Å². The topological polar surface area (TPSA) is 70.0 Å². The van der Waals surface area contributed by atoms with Crippen LogP contribution in [0, 0.1) is 5.82 Å². The maximum absolute atomic E-state index is 13.0. The van der Waals surface area contributed by atoms with Gasteiger partial charge in [0.05, 0.1) is 16.1 Å². The molecule has 5 nitrogen and oxygen atoms in total. The highest BCUT2D eigenvalue weighted by atomic mass is 32.2. The van der Waals surface area contributed by atoms with Crippen molar-refractivity contribution in [3.8, 4) is 0 Å². The van der Waals surface area contributed by atoms with Crippen LogP contribution < -0.4 is 0 Å². The lowest BCUT2D eigenvalue weighted by Crippen LogP contribution is -2.34. The van der Waals surface area contributed by atoms with E-state index in [1.807, 2.05) is 0 Å². The molecule has 1 aromatic carbocycles. The van der Waals surface area contributed by atoms with Crippen molar-refractivity contribution in [1.29, 1.82) is 0 Å². The van der Waals surface area contributed by atoms with E-state index in [9.17, 15) is 18.0 Å². The molecule has 0 saturated heterocycles. The quantitative estimate of drug-likeness (QED) is 0.848. The highest BCUT2D eigenvalue weighted by molar-refractivity contribution is 7.90. The van der Waals surface area contributed by atoms with Crippen LogP contribution in [0.15, 0.2) is 69.6 Å². The molecule has 0 atom stereocenters. The number of allylic oxidation sites excluding steroid dienone is 5. The molecule has 0 saturated carbocycles. The van der Waals surface area contributed by atoms with Crippen LogP contribution in [0.2, 0.25) is 0 Å². The van der Waals surface area contributed by atoms with Gasteiger partial charge in [0, 0.05) is 11.8 Å². The molecule has 0 amide bonds. The van der Waals surface area contributed by atoms with Crippen LogP contribution >= 0.6 is 0 Å². The van der Waals surface area contributed by atoms with E-state index in [1.165, 1.54) is 12.3 Å². The third-order valence-electron chi connectivity index (χ3n) is 3.22. The third-order valence-corrected chi connectivity index (χ3v) is 4.52. The van der Waals surface area contributed by atoms with Gasteiger partial charge in [-0.05, 0) is 51.1 Å². The van der Waals surface area contributed by atoms with Crippen molar-refractivity contribution >= 4 is 15.7 Å². The Balaban J connectivity index is 2.42. The molecule has 0 unspecified atom stereocenters. The van der Waals surface area contributed by atoms with Gasteiger partial charge in [0.1, 0.15) is 5.82 Å². The molecule has 0 radical (unpaired) electrons. The van der Waals surface area contributed by atoms with Gasteiger partial charge < -0.3 is 0 Å². The summed E-state index contributed by atoms with van der Waals surface area (Å²) in [6.07, 6.45) is 7.96. The average Bonchev–Trinajstić information content (AvgIpc) is 2.48. The molecule has 0 fully saturated rings. The predicted molar refractivity (Wildman–Crippen MR) is 90.8 cm³/mol. The lowest BCUT2D eigenvalue weighted by Gasteiger charge is -2.29. The summed E-state index contributed by atoms with van der Waals surface area (Å²) in [5.41, 5.74) is 0.0777. The molecule has 24 heavy (non-hydrogen) atoms. The number of sulfonamides is 1. The summed E-state index contributed by atoms with van der Waals surface area (Å²) in [6, 6.07) is 4.45. The maximum atomic E-state index is 13.0. The van der Waals surface area contributed by atoms with Gasteiger partial charge in [0.25, 0.3) is 10.0 Å². The van der Waals surface area contributed by atoms with Gasteiger partial charge in [-0.15, -0.1) is 0 Å². The number of hydroxylamine groups is 2. The molecule has 7 heteroatoms. The van der Waals surface area contributed by atoms with E-state index in [4.69, 9.17) is 0 Å². The summed E-state index contributed by atoms with van der Waals surface area (Å²) in [5.74, 6) is -0.524. The van der Waals surface area contributed by atoms with Gasteiger partial charge in [0.2, 0.25) is 0 Å². The molecule has 0 heterocycles. The van der Waals surface area contributed by atoms with Crippen molar-refractivity contribution in [2.75, 3.05) is 0 Å². The van der Waals surface area contributed by atoms with Gasteiger partial charge in [-0.2, -0.15) is 12.8 Å². The summed E-state index contributed by atoms with van der Waals surface area (Å²) in [4.78, 5) is -0.102. The molecule has 1 aromatic rings.